The third-order valence-electron chi connectivity index (χ3n) is 5.51. The van der Waals surface area contributed by atoms with Crippen molar-refractivity contribution in [3.05, 3.63) is 76.2 Å². The van der Waals surface area contributed by atoms with E-state index in [1.54, 1.807) is 12.1 Å². The summed E-state index contributed by atoms with van der Waals surface area (Å²) in [6, 6.07) is 13.8. The van der Waals surface area contributed by atoms with Crippen LogP contribution in [0.25, 0.3) is 11.4 Å². The molecule has 1 atom stereocenters. The Kier molecular flexibility index (Phi) is 7.86. The molecule has 0 aliphatic rings. The molecule has 0 aliphatic carbocycles. The minimum absolute atomic E-state index is 0.248. The number of thiophene rings is 1. The quantitative estimate of drug-likeness (QED) is 0.355. The lowest BCUT2D eigenvalue weighted by molar-refractivity contribution is -0.128. The SMILES string of the molecule is COc1ccc(C)cc1N(C(=O)Cn1nnc(-c2ccc(F)cc2)n1)[C@@H](C(=O)NC(C)(C)C)c1cccs1. The molecule has 198 valence electrons. The second-order valence-corrected chi connectivity index (χ2v) is 10.7. The summed E-state index contributed by atoms with van der Waals surface area (Å²) in [5.74, 6) is -0.479. The van der Waals surface area contributed by atoms with Crippen LogP contribution < -0.4 is 15.0 Å². The van der Waals surface area contributed by atoms with Gasteiger partial charge in [0.1, 0.15) is 24.2 Å². The number of rotatable bonds is 8. The molecule has 38 heavy (non-hydrogen) atoms. The second kappa shape index (κ2) is 11.1. The number of tetrazole rings is 1. The highest BCUT2D eigenvalue weighted by Gasteiger charge is 2.37. The highest BCUT2D eigenvalue weighted by Crippen LogP contribution is 2.37. The van der Waals surface area contributed by atoms with Gasteiger partial charge in [-0.3, -0.25) is 14.5 Å². The van der Waals surface area contributed by atoms with Crippen molar-refractivity contribution in [2.24, 2.45) is 0 Å². The standard InChI is InChI=1S/C27H29FN6O3S/c1-17-8-13-21(37-5)20(15-17)34(24(22-7-6-14-38-22)26(36)29-27(2,3)4)23(35)16-33-31-25(30-32-33)18-9-11-19(28)12-10-18/h6-15,24H,16H2,1-5H3,(H,29,36)/t24-/m1/s1. The molecule has 4 aromatic rings. The van der Waals surface area contributed by atoms with Crippen LogP contribution in [0.1, 0.15) is 37.3 Å². The number of aromatic nitrogens is 4. The van der Waals surface area contributed by atoms with E-state index in [4.69, 9.17) is 4.74 Å². The van der Waals surface area contributed by atoms with Crippen molar-refractivity contribution in [2.45, 2.75) is 45.8 Å². The molecule has 0 unspecified atom stereocenters. The van der Waals surface area contributed by atoms with E-state index < -0.39 is 17.5 Å². The van der Waals surface area contributed by atoms with Gasteiger partial charge in [-0.05, 0) is 86.3 Å². The number of hydrogen-bond acceptors (Lipinski definition) is 7. The minimum Gasteiger partial charge on any atom is -0.495 e. The van der Waals surface area contributed by atoms with Crippen LogP contribution in [0.2, 0.25) is 0 Å². The normalized spacial score (nSPS) is 12.2. The number of methoxy groups -OCH3 is 1. The zero-order chi connectivity index (χ0) is 27.4. The summed E-state index contributed by atoms with van der Waals surface area (Å²) >= 11 is 1.38. The van der Waals surface area contributed by atoms with Gasteiger partial charge in [0.2, 0.25) is 11.7 Å². The van der Waals surface area contributed by atoms with E-state index in [0.717, 1.165) is 10.4 Å². The van der Waals surface area contributed by atoms with Crippen molar-refractivity contribution in [3.8, 4) is 17.1 Å². The van der Waals surface area contributed by atoms with E-state index in [9.17, 15) is 14.0 Å². The average molecular weight is 537 g/mol. The van der Waals surface area contributed by atoms with Crippen LogP contribution in [0.4, 0.5) is 10.1 Å². The number of carbonyl (C=O) groups excluding carboxylic acids is 2. The van der Waals surface area contributed by atoms with Gasteiger partial charge >= 0.3 is 0 Å². The fourth-order valence-electron chi connectivity index (χ4n) is 3.89. The number of nitrogens with one attached hydrogen (secondary N) is 1. The largest absolute Gasteiger partial charge is 0.495 e. The maximum Gasteiger partial charge on any atom is 0.251 e. The van der Waals surface area contributed by atoms with E-state index in [0.29, 0.717) is 21.9 Å². The van der Waals surface area contributed by atoms with Crippen molar-refractivity contribution in [1.29, 1.82) is 0 Å². The third-order valence-corrected chi connectivity index (χ3v) is 6.44. The Labute approximate surface area is 224 Å². The van der Waals surface area contributed by atoms with Gasteiger partial charge in [-0.25, -0.2) is 4.39 Å². The molecule has 0 aliphatic heterocycles. The third kappa shape index (κ3) is 6.23. The maximum atomic E-state index is 14.0. The molecule has 0 radical (unpaired) electrons. The first-order valence-electron chi connectivity index (χ1n) is 11.9. The van der Waals surface area contributed by atoms with Gasteiger partial charge in [0.15, 0.2) is 0 Å². The summed E-state index contributed by atoms with van der Waals surface area (Å²) in [6.07, 6.45) is 0. The molecule has 0 saturated carbocycles. The number of carbonyl (C=O) groups is 2. The molecule has 2 aromatic carbocycles. The molecule has 2 aromatic heterocycles. The number of ether oxygens (including phenoxy) is 1. The van der Waals surface area contributed by atoms with Crippen LogP contribution in [0.5, 0.6) is 5.75 Å². The van der Waals surface area contributed by atoms with Gasteiger partial charge in [0.05, 0.1) is 12.8 Å². The predicted molar refractivity (Wildman–Crippen MR) is 143 cm³/mol. The average Bonchev–Trinajstić information content (AvgIpc) is 3.54. The summed E-state index contributed by atoms with van der Waals surface area (Å²) in [5, 5.41) is 17.2. The van der Waals surface area contributed by atoms with Crippen molar-refractivity contribution < 1.29 is 18.7 Å². The monoisotopic (exact) mass is 536 g/mol. The zero-order valence-electron chi connectivity index (χ0n) is 21.8. The van der Waals surface area contributed by atoms with E-state index in [2.05, 4.69) is 20.7 Å². The lowest BCUT2D eigenvalue weighted by atomic mass is 10.1. The molecule has 2 amide bonds. The maximum absolute atomic E-state index is 14.0. The number of hydrogen-bond donors (Lipinski definition) is 1. The number of aryl methyl sites for hydroxylation is 1. The lowest BCUT2D eigenvalue weighted by Crippen LogP contribution is -2.50. The summed E-state index contributed by atoms with van der Waals surface area (Å²) in [7, 11) is 1.51. The number of amides is 2. The summed E-state index contributed by atoms with van der Waals surface area (Å²) in [4.78, 5) is 31.0. The number of halogens is 1. The van der Waals surface area contributed by atoms with Gasteiger partial charge in [-0.15, -0.1) is 21.5 Å². The number of anilines is 1. The first-order chi connectivity index (χ1) is 18.1. The van der Waals surface area contributed by atoms with E-state index in [1.807, 2.05) is 51.3 Å². The van der Waals surface area contributed by atoms with Crippen LogP contribution in [-0.4, -0.2) is 44.7 Å². The molecular formula is C27H29FN6O3S. The van der Waals surface area contributed by atoms with Gasteiger partial charge < -0.3 is 10.1 Å². The van der Waals surface area contributed by atoms with E-state index in [-0.39, 0.29) is 24.1 Å². The Morgan fingerprint density at radius 3 is 2.53 bits per heavy atom. The highest BCUT2D eigenvalue weighted by atomic mass is 32.1. The van der Waals surface area contributed by atoms with Crippen LogP contribution in [0, 0.1) is 12.7 Å². The summed E-state index contributed by atoms with van der Waals surface area (Å²) in [5.41, 5.74) is 1.36. The van der Waals surface area contributed by atoms with Gasteiger partial charge in [-0.1, -0.05) is 12.1 Å². The molecule has 0 saturated heterocycles. The van der Waals surface area contributed by atoms with Gasteiger partial charge in [-0.2, -0.15) is 4.80 Å². The Hall–Kier alpha value is -4.12. The number of benzene rings is 2. The Morgan fingerprint density at radius 1 is 1.16 bits per heavy atom. The fraction of sp³-hybridized carbons (Fsp3) is 0.296. The minimum atomic E-state index is -0.975. The summed E-state index contributed by atoms with van der Waals surface area (Å²) < 4.78 is 18.9. The van der Waals surface area contributed by atoms with Gasteiger partial charge in [0.25, 0.3) is 5.91 Å². The van der Waals surface area contributed by atoms with Crippen molar-refractivity contribution >= 4 is 28.8 Å². The van der Waals surface area contributed by atoms with E-state index in [1.165, 1.54) is 47.6 Å². The Balaban J connectivity index is 1.76. The van der Waals surface area contributed by atoms with Crippen LogP contribution >= 0.6 is 11.3 Å². The molecule has 1 N–H and O–H groups in total. The van der Waals surface area contributed by atoms with Crippen LogP contribution in [-0.2, 0) is 16.1 Å². The highest BCUT2D eigenvalue weighted by molar-refractivity contribution is 7.10. The lowest BCUT2D eigenvalue weighted by Gasteiger charge is -2.33. The van der Waals surface area contributed by atoms with Crippen molar-refractivity contribution in [3.63, 3.8) is 0 Å². The Morgan fingerprint density at radius 2 is 1.89 bits per heavy atom. The van der Waals surface area contributed by atoms with Crippen molar-refractivity contribution in [2.75, 3.05) is 12.0 Å². The van der Waals surface area contributed by atoms with Crippen LogP contribution in [0.15, 0.2) is 60.0 Å². The topological polar surface area (TPSA) is 102 Å². The molecule has 9 nitrogen and oxygen atoms in total. The van der Waals surface area contributed by atoms with Gasteiger partial charge in [0, 0.05) is 16.0 Å². The fourth-order valence-corrected chi connectivity index (χ4v) is 4.70. The predicted octanol–water partition coefficient (Wildman–Crippen LogP) is 4.55. The van der Waals surface area contributed by atoms with Crippen molar-refractivity contribution in [1.82, 2.24) is 25.5 Å². The molecular weight excluding hydrogens is 507 g/mol. The second-order valence-electron chi connectivity index (χ2n) is 9.75. The molecule has 2 heterocycles. The van der Waals surface area contributed by atoms with Crippen LogP contribution in [0.3, 0.4) is 0 Å². The zero-order valence-corrected chi connectivity index (χ0v) is 22.6. The number of nitrogens with zero attached hydrogens (tertiary/aromatic N) is 5. The molecule has 4 rings (SSSR count). The first kappa shape index (κ1) is 26.9. The molecule has 0 spiro atoms. The first-order valence-corrected chi connectivity index (χ1v) is 12.8. The summed E-state index contributed by atoms with van der Waals surface area (Å²) in [6.45, 7) is 7.25. The molecule has 11 heteroatoms. The smallest absolute Gasteiger partial charge is 0.251 e. The Bertz CT molecular complexity index is 1410. The molecule has 0 bridgehead atoms. The van der Waals surface area contributed by atoms with E-state index >= 15 is 0 Å². The molecule has 0 fully saturated rings.